The Kier molecular flexibility index (Phi) is 3.92. The van der Waals surface area contributed by atoms with Gasteiger partial charge in [0.1, 0.15) is 5.82 Å². The highest BCUT2D eigenvalue weighted by molar-refractivity contribution is 5.77. The van der Waals surface area contributed by atoms with E-state index in [1.807, 2.05) is 29.2 Å². The van der Waals surface area contributed by atoms with Gasteiger partial charge in [0, 0.05) is 38.0 Å². The summed E-state index contributed by atoms with van der Waals surface area (Å²) in [5, 5.41) is 3.44. The molecule has 0 aliphatic carbocycles. The minimum Gasteiger partial charge on any atom is -0.342 e. The lowest BCUT2D eigenvalue weighted by Gasteiger charge is -2.36. The van der Waals surface area contributed by atoms with Crippen LogP contribution in [0, 0.1) is 0 Å². The molecule has 21 heavy (non-hydrogen) atoms. The van der Waals surface area contributed by atoms with Crippen LogP contribution >= 0.6 is 0 Å². The first-order chi connectivity index (χ1) is 10.1. The summed E-state index contributed by atoms with van der Waals surface area (Å²) >= 11 is 0. The van der Waals surface area contributed by atoms with E-state index in [1.165, 1.54) is 0 Å². The van der Waals surface area contributed by atoms with Crippen LogP contribution in [0.5, 0.6) is 0 Å². The fraction of sp³-hybridized carbons (Fsp3) is 0.500. The molecule has 1 aromatic carbocycles. The van der Waals surface area contributed by atoms with Crippen molar-refractivity contribution in [3.8, 4) is 0 Å². The summed E-state index contributed by atoms with van der Waals surface area (Å²) in [5.41, 5.74) is 1.99. The number of fused-ring (bicyclic) bond motifs is 1. The molecule has 1 saturated heterocycles. The first-order valence-electron chi connectivity index (χ1n) is 7.59. The van der Waals surface area contributed by atoms with E-state index in [4.69, 9.17) is 0 Å². The average molecular weight is 286 g/mol. The third-order valence-electron chi connectivity index (χ3n) is 3.92. The number of piperazine rings is 1. The minimum atomic E-state index is 0.218. The summed E-state index contributed by atoms with van der Waals surface area (Å²) in [7, 11) is 0. The molecule has 1 aliphatic heterocycles. The van der Waals surface area contributed by atoms with E-state index in [2.05, 4.69) is 29.1 Å². The smallest absolute Gasteiger partial charge is 0.223 e. The summed E-state index contributed by atoms with van der Waals surface area (Å²) in [6.45, 7) is 5.83. The molecule has 0 radical (unpaired) electrons. The van der Waals surface area contributed by atoms with Crippen molar-refractivity contribution in [2.45, 2.75) is 38.8 Å². The van der Waals surface area contributed by atoms with Crippen molar-refractivity contribution in [3.63, 3.8) is 0 Å². The van der Waals surface area contributed by atoms with E-state index < -0.39 is 0 Å². The number of para-hydroxylation sites is 2. The molecule has 1 amide bonds. The number of H-pyrrole nitrogens is 1. The van der Waals surface area contributed by atoms with Gasteiger partial charge < -0.3 is 15.2 Å². The van der Waals surface area contributed by atoms with E-state index in [1.54, 1.807) is 0 Å². The number of nitrogens with zero attached hydrogens (tertiary/aromatic N) is 2. The summed E-state index contributed by atoms with van der Waals surface area (Å²) in [6.07, 6.45) is 1.18. The van der Waals surface area contributed by atoms with Crippen molar-refractivity contribution in [1.82, 2.24) is 20.2 Å². The van der Waals surface area contributed by atoms with Gasteiger partial charge in [-0.2, -0.15) is 0 Å². The molecular formula is C16H22N4O. The lowest BCUT2D eigenvalue weighted by atomic mass is 10.1. The Morgan fingerprint density at radius 3 is 2.71 bits per heavy atom. The molecule has 0 spiro atoms. The van der Waals surface area contributed by atoms with Crippen LogP contribution in [0.25, 0.3) is 11.0 Å². The third-order valence-corrected chi connectivity index (χ3v) is 3.92. The molecule has 2 heterocycles. The molecule has 2 unspecified atom stereocenters. The van der Waals surface area contributed by atoms with Crippen molar-refractivity contribution >= 4 is 16.9 Å². The van der Waals surface area contributed by atoms with E-state index in [0.29, 0.717) is 24.9 Å². The summed E-state index contributed by atoms with van der Waals surface area (Å²) in [4.78, 5) is 22.1. The molecule has 112 valence electrons. The highest BCUT2D eigenvalue weighted by atomic mass is 16.2. The lowest BCUT2D eigenvalue weighted by molar-refractivity contribution is -0.132. The van der Waals surface area contributed by atoms with Crippen molar-refractivity contribution in [2.75, 3.05) is 13.1 Å². The molecule has 0 bridgehead atoms. The standard InChI is InChI=1S/C16H22N4O/c1-11-9-20(10-12(2)17-11)16(21)8-7-15-18-13-5-3-4-6-14(13)19-15/h3-6,11-12,17H,7-10H2,1-2H3,(H,18,19). The van der Waals surface area contributed by atoms with Gasteiger partial charge in [0.15, 0.2) is 0 Å². The van der Waals surface area contributed by atoms with Crippen molar-refractivity contribution in [1.29, 1.82) is 0 Å². The number of benzene rings is 1. The number of amides is 1. The van der Waals surface area contributed by atoms with Gasteiger partial charge in [-0.05, 0) is 26.0 Å². The number of nitrogens with one attached hydrogen (secondary N) is 2. The van der Waals surface area contributed by atoms with Gasteiger partial charge in [0.2, 0.25) is 5.91 Å². The number of rotatable bonds is 3. The van der Waals surface area contributed by atoms with E-state index in [-0.39, 0.29) is 5.91 Å². The van der Waals surface area contributed by atoms with E-state index in [9.17, 15) is 4.79 Å². The molecule has 1 aromatic heterocycles. The fourth-order valence-corrected chi connectivity index (χ4v) is 3.04. The Balaban J connectivity index is 1.60. The topological polar surface area (TPSA) is 61.0 Å². The van der Waals surface area contributed by atoms with Crippen molar-refractivity contribution in [2.24, 2.45) is 0 Å². The molecule has 2 N–H and O–H groups in total. The predicted octanol–water partition coefficient (Wildman–Crippen LogP) is 1.70. The number of hydrogen-bond donors (Lipinski definition) is 2. The summed E-state index contributed by atoms with van der Waals surface area (Å²) < 4.78 is 0. The maximum absolute atomic E-state index is 12.3. The SMILES string of the molecule is CC1CN(C(=O)CCc2nc3ccccc3[nH]2)CC(C)N1. The zero-order valence-electron chi connectivity index (χ0n) is 12.6. The van der Waals surface area contributed by atoms with Crippen LogP contribution in [0.3, 0.4) is 0 Å². The Morgan fingerprint density at radius 1 is 1.29 bits per heavy atom. The van der Waals surface area contributed by atoms with Crippen LogP contribution in [-0.4, -0.2) is 45.9 Å². The van der Waals surface area contributed by atoms with Crippen molar-refractivity contribution in [3.05, 3.63) is 30.1 Å². The molecule has 2 atom stereocenters. The number of aromatic nitrogens is 2. The Labute approximate surface area is 124 Å². The normalized spacial score (nSPS) is 22.7. The Hall–Kier alpha value is -1.88. The molecular weight excluding hydrogens is 264 g/mol. The van der Waals surface area contributed by atoms with E-state index >= 15 is 0 Å². The number of aromatic amines is 1. The van der Waals surface area contributed by atoms with Gasteiger partial charge in [-0.25, -0.2) is 4.98 Å². The van der Waals surface area contributed by atoms with Crippen LogP contribution in [0.1, 0.15) is 26.1 Å². The second-order valence-electron chi connectivity index (χ2n) is 5.97. The van der Waals surface area contributed by atoms with Gasteiger partial charge in [0.25, 0.3) is 0 Å². The van der Waals surface area contributed by atoms with Crippen LogP contribution in [0.2, 0.25) is 0 Å². The number of aryl methyl sites for hydroxylation is 1. The molecule has 1 fully saturated rings. The Morgan fingerprint density at radius 2 is 2.00 bits per heavy atom. The fourth-order valence-electron chi connectivity index (χ4n) is 3.04. The minimum absolute atomic E-state index is 0.218. The largest absolute Gasteiger partial charge is 0.342 e. The van der Waals surface area contributed by atoms with E-state index in [0.717, 1.165) is 29.9 Å². The molecule has 3 rings (SSSR count). The Bertz CT molecular complexity index is 593. The third kappa shape index (κ3) is 3.24. The van der Waals surface area contributed by atoms with Gasteiger partial charge in [0.05, 0.1) is 11.0 Å². The van der Waals surface area contributed by atoms with Crippen molar-refractivity contribution < 1.29 is 4.79 Å². The number of hydrogen-bond acceptors (Lipinski definition) is 3. The highest BCUT2D eigenvalue weighted by Gasteiger charge is 2.24. The molecule has 1 aliphatic rings. The zero-order chi connectivity index (χ0) is 14.8. The van der Waals surface area contributed by atoms with Gasteiger partial charge in [-0.3, -0.25) is 4.79 Å². The first kappa shape index (κ1) is 14.1. The number of imidazole rings is 1. The van der Waals surface area contributed by atoms with Gasteiger partial charge >= 0.3 is 0 Å². The highest BCUT2D eigenvalue weighted by Crippen LogP contribution is 2.12. The maximum Gasteiger partial charge on any atom is 0.223 e. The predicted molar refractivity (Wildman–Crippen MR) is 83.1 cm³/mol. The van der Waals surface area contributed by atoms with Gasteiger partial charge in [-0.15, -0.1) is 0 Å². The molecule has 5 nitrogen and oxygen atoms in total. The van der Waals surface area contributed by atoms with Crippen LogP contribution < -0.4 is 5.32 Å². The van der Waals surface area contributed by atoms with Crippen LogP contribution in [0.4, 0.5) is 0 Å². The second-order valence-corrected chi connectivity index (χ2v) is 5.97. The summed E-state index contributed by atoms with van der Waals surface area (Å²) in [5.74, 6) is 1.11. The second kappa shape index (κ2) is 5.85. The van der Waals surface area contributed by atoms with Crippen LogP contribution in [0.15, 0.2) is 24.3 Å². The monoisotopic (exact) mass is 286 g/mol. The average Bonchev–Trinajstić information content (AvgIpc) is 2.86. The number of carbonyl (C=O) groups excluding carboxylic acids is 1. The quantitative estimate of drug-likeness (QED) is 0.903. The first-order valence-corrected chi connectivity index (χ1v) is 7.59. The summed E-state index contributed by atoms with van der Waals surface area (Å²) in [6, 6.07) is 8.68. The number of carbonyl (C=O) groups is 1. The van der Waals surface area contributed by atoms with Gasteiger partial charge in [-0.1, -0.05) is 12.1 Å². The zero-order valence-corrected chi connectivity index (χ0v) is 12.6. The molecule has 2 aromatic rings. The molecule has 0 saturated carbocycles. The maximum atomic E-state index is 12.3. The lowest BCUT2D eigenvalue weighted by Crippen LogP contribution is -2.55. The molecule has 5 heteroatoms. The van der Waals surface area contributed by atoms with Crippen LogP contribution in [-0.2, 0) is 11.2 Å².